The molecule has 1 aliphatic heterocycles. The molecule has 0 radical (unpaired) electrons. The summed E-state index contributed by atoms with van der Waals surface area (Å²) < 4.78 is 0. The van der Waals surface area contributed by atoms with Crippen LogP contribution in [0.2, 0.25) is 0 Å². The van der Waals surface area contributed by atoms with Crippen LogP contribution in [-0.4, -0.2) is 54.1 Å². The van der Waals surface area contributed by atoms with Crippen molar-refractivity contribution in [3.63, 3.8) is 0 Å². The van der Waals surface area contributed by atoms with E-state index >= 15 is 0 Å². The van der Waals surface area contributed by atoms with Gasteiger partial charge in [0.1, 0.15) is 5.82 Å². The van der Waals surface area contributed by atoms with E-state index in [0.717, 1.165) is 50.8 Å². The van der Waals surface area contributed by atoms with E-state index in [1.807, 2.05) is 12.4 Å². The highest BCUT2D eigenvalue weighted by Crippen LogP contribution is 2.13. The van der Waals surface area contributed by atoms with Crippen molar-refractivity contribution in [2.45, 2.75) is 33.7 Å². The van der Waals surface area contributed by atoms with Gasteiger partial charge in [-0.3, -0.25) is 9.88 Å². The van der Waals surface area contributed by atoms with Crippen molar-refractivity contribution in [1.29, 1.82) is 0 Å². The van der Waals surface area contributed by atoms with E-state index < -0.39 is 0 Å². The topological polar surface area (TPSA) is 44.3 Å². The summed E-state index contributed by atoms with van der Waals surface area (Å²) in [4.78, 5) is 14.0. The van der Waals surface area contributed by atoms with Crippen LogP contribution in [0.3, 0.4) is 0 Å². The van der Waals surface area contributed by atoms with E-state index in [-0.39, 0.29) is 0 Å². The molecule has 21 heavy (non-hydrogen) atoms. The molecule has 0 unspecified atom stereocenters. The zero-order chi connectivity index (χ0) is 15.1. The Balaban J connectivity index is 1.86. The second kappa shape index (κ2) is 8.29. The molecule has 1 saturated heterocycles. The number of hydrogen-bond donors (Lipinski definition) is 1. The van der Waals surface area contributed by atoms with Crippen molar-refractivity contribution >= 4 is 5.82 Å². The molecule has 1 aliphatic rings. The van der Waals surface area contributed by atoms with Crippen molar-refractivity contribution in [1.82, 2.24) is 20.2 Å². The smallest absolute Gasteiger partial charge is 0.147 e. The Kier molecular flexibility index (Phi) is 6.39. The van der Waals surface area contributed by atoms with Gasteiger partial charge >= 0.3 is 0 Å². The maximum atomic E-state index is 4.75. The molecule has 5 nitrogen and oxygen atoms in total. The van der Waals surface area contributed by atoms with Gasteiger partial charge in [-0.2, -0.15) is 0 Å². The monoisotopic (exact) mass is 291 g/mol. The third-order valence-electron chi connectivity index (χ3n) is 3.77. The van der Waals surface area contributed by atoms with Gasteiger partial charge in [0.25, 0.3) is 0 Å². The first-order valence-corrected chi connectivity index (χ1v) is 8.18. The Bertz CT molecular complexity index is 413. The second-order valence-corrected chi connectivity index (χ2v) is 6.22. The summed E-state index contributed by atoms with van der Waals surface area (Å²) in [5.41, 5.74) is 1.03. The zero-order valence-corrected chi connectivity index (χ0v) is 13.7. The van der Waals surface area contributed by atoms with Gasteiger partial charge in [0.2, 0.25) is 0 Å². The zero-order valence-electron chi connectivity index (χ0n) is 13.7. The quantitative estimate of drug-likeness (QED) is 0.829. The van der Waals surface area contributed by atoms with Gasteiger partial charge < -0.3 is 10.2 Å². The van der Waals surface area contributed by atoms with Gasteiger partial charge in [-0.1, -0.05) is 20.8 Å². The molecule has 1 N–H and O–H groups in total. The minimum absolute atomic E-state index is 0.660. The third-order valence-corrected chi connectivity index (χ3v) is 3.77. The summed E-state index contributed by atoms with van der Waals surface area (Å²) in [7, 11) is 0. The Morgan fingerprint density at radius 3 is 2.62 bits per heavy atom. The fourth-order valence-corrected chi connectivity index (χ4v) is 2.64. The predicted octanol–water partition coefficient (Wildman–Crippen LogP) is 1.75. The molecule has 118 valence electrons. The fourth-order valence-electron chi connectivity index (χ4n) is 2.64. The lowest BCUT2D eigenvalue weighted by Gasteiger charge is -2.35. The van der Waals surface area contributed by atoms with Crippen LogP contribution in [0.4, 0.5) is 5.82 Å². The molecule has 0 aliphatic carbocycles. The van der Waals surface area contributed by atoms with Gasteiger partial charge in [0.05, 0.1) is 11.9 Å². The predicted molar refractivity (Wildman–Crippen MR) is 87.5 cm³/mol. The molecule has 0 atom stereocenters. The highest BCUT2D eigenvalue weighted by Gasteiger charge is 2.17. The molecule has 1 aromatic heterocycles. The molecule has 0 aromatic carbocycles. The number of piperazine rings is 1. The molecular weight excluding hydrogens is 262 g/mol. The van der Waals surface area contributed by atoms with Gasteiger partial charge in [0, 0.05) is 38.9 Å². The lowest BCUT2D eigenvalue weighted by molar-refractivity contribution is 0.258. The van der Waals surface area contributed by atoms with Gasteiger partial charge in [-0.15, -0.1) is 0 Å². The molecule has 1 fully saturated rings. The molecule has 0 spiro atoms. The first kappa shape index (κ1) is 16.2. The number of nitrogens with zero attached hydrogens (tertiary/aromatic N) is 4. The first-order chi connectivity index (χ1) is 10.2. The Hall–Kier alpha value is -1.20. The maximum Gasteiger partial charge on any atom is 0.147 e. The van der Waals surface area contributed by atoms with Crippen molar-refractivity contribution in [3.05, 3.63) is 18.1 Å². The second-order valence-electron chi connectivity index (χ2n) is 6.22. The summed E-state index contributed by atoms with van der Waals surface area (Å²) in [5.74, 6) is 1.68. The SMILES string of the molecule is CCCN1CCN(c2cncc(CNCC(C)C)n2)CC1. The highest BCUT2D eigenvalue weighted by molar-refractivity contribution is 5.37. The molecule has 5 heteroatoms. The number of hydrogen-bond acceptors (Lipinski definition) is 5. The van der Waals surface area contributed by atoms with E-state index in [1.165, 1.54) is 13.0 Å². The summed E-state index contributed by atoms with van der Waals surface area (Å²) in [6.07, 6.45) is 4.99. The van der Waals surface area contributed by atoms with Crippen molar-refractivity contribution in [3.8, 4) is 0 Å². The molecule has 2 rings (SSSR count). The minimum Gasteiger partial charge on any atom is -0.353 e. The Morgan fingerprint density at radius 2 is 1.95 bits per heavy atom. The van der Waals surface area contributed by atoms with E-state index in [2.05, 4.69) is 40.9 Å². The van der Waals surface area contributed by atoms with E-state index in [9.17, 15) is 0 Å². The largest absolute Gasteiger partial charge is 0.353 e. The lowest BCUT2D eigenvalue weighted by Crippen LogP contribution is -2.46. The Morgan fingerprint density at radius 1 is 1.19 bits per heavy atom. The van der Waals surface area contributed by atoms with Crippen LogP contribution in [0.1, 0.15) is 32.9 Å². The van der Waals surface area contributed by atoms with Crippen LogP contribution < -0.4 is 10.2 Å². The van der Waals surface area contributed by atoms with Crippen LogP contribution in [0.5, 0.6) is 0 Å². The highest BCUT2D eigenvalue weighted by atomic mass is 15.3. The van der Waals surface area contributed by atoms with E-state index in [1.54, 1.807) is 0 Å². The van der Waals surface area contributed by atoms with E-state index in [4.69, 9.17) is 4.98 Å². The molecule has 1 aromatic rings. The van der Waals surface area contributed by atoms with Crippen molar-refractivity contribution < 1.29 is 0 Å². The molecule has 0 amide bonds. The average Bonchev–Trinajstić information content (AvgIpc) is 2.48. The van der Waals surface area contributed by atoms with Crippen molar-refractivity contribution in [2.75, 3.05) is 44.2 Å². The van der Waals surface area contributed by atoms with Crippen LogP contribution >= 0.6 is 0 Å². The minimum atomic E-state index is 0.660. The fraction of sp³-hybridized carbons (Fsp3) is 0.750. The first-order valence-electron chi connectivity index (χ1n) is 8.18. The lowest BCUT2D eigenvalue weighted by atomic mass is 10.2. The molecular formula is C16H29N5. The average molecular weight is 291 g/mol. The van der Waals surface area contributed by atoms with Crippen LogP contribution in [0, 0.1) is 5.92 Å². The summed E-state index contributed by atoms with van der Waals surface area (Å²) in [6.45, 7) is 14.1. The van der Waals surface area contributed by atoms with Gasteiger partial charge in [-0.25, -0.2) is 4.98 Å². The van der Waals surface area contributed by atoms with Gasteiger partial charge in [-0.05, 0) is 25.4 Å². The normalized spacial score (nSPS) is 16.7. The summed E-state index contributed by atoms with van der Waals surface area (Å²) >= 11 is 0. The standard InChI is InChI=1S/C16H29N5/c1-4-5-20-6-8-21(9-7-20)16-13-18-12-15(19-16)11-17-10-14(2)3/h12-14,17H,4-11H2,1-3H3. The molecule has 2 heterocycles. The van der Waals surface area contributed by atoms with Crippen molar-refractivity contribution in [2.24, 2.45) is 5.92 Å². The summed E-state index contributed by atoms with van der Waals surface area (Å²) in [6, 6.07) is 0. The van der Waals surface area contributed by atoms with E-state index in [0.29, 0.717) is 5.92 Å². The number of rotatable bonds is 7. The number of nitrogens with one attached hydrogen (secondary N) is 1. The third kappa shape index (κ3) is 5.25. The molecule has 0 saturated carbocycles. The van der Waals surface area contributed by atoms with Gasteiger partial charge in [0.15, 0.2) is 0 Å². The number of anilines is 1. The number of aromatic nitrogens is 2. The molecule has 0 bridgehead atoms. The summed E-state index contributed by atoms with van der Waals surface area (Å²) in [5, 5.41) is 3.43. The van der Waals surface area contributed by atoms with Crippen LogP contribution in [0.25, 0.3) is 0 Å². The Labute approximate surface area is 128 Å². The maximum absolute atomic E-state index is 4.75. The van der Waals surface area contributed by atoms with Crippen LogP contribution in [0.15, 0.2) is 12.4 Å². The van der Waals surface area contributed by atoms with Crippen LogP contribution in [-0.2, 0) is 6.54 Å².